The van der Waals surface area contributed by atoms with Crippen molar-refractivity contribution < 1.29 is 22.9 Å². The number of halogens is 3. The van der Waals surface area contributed by atoms with Gasteiger partial charge >= 0.3 is 6.18 Å². The van der Waals surface area contributed by atoms with E-state index in [1.807, 2.05) is 0 Å². The van der Waals surface area contributed by atoms with Gasteiger partial charge in [0.1, 0.15) is 6.54 Å². The summed E-state index contributed by atoms with van der Waals surface area (Å²) < 4.78 is 37.6. The maximum atomic E-state index is 12.5. The summed E-state index contributed by atoms with van der Waals surface area (Å²) in [5.74, 6) is 0. The molecule has 8 heteroatoms. The number of hydrogen-bond donors (Lipinski definition) is 0. The Morgan fingerprint density at radius 1 is 1.40 bits per heavy atom. The van der Waals surface area contributed by atoms with Gasteiger partial charge in [0.25, 0.3) is 5.69 Å². The van der Waals surface area contributed by atoms with Crippen molar-refractivity contribution >= 4 is 17.7 Å². The van der Waals surface area contributed by atoms with Crippen LogP contribution in [0, 0.1) is 10.1 Å². The van der Waals surface area contributed by atoms with Crippen molar-refractivity contribution in [2.24, 2.45) is 0 Å². The molecule has 0 aromatic heterocycles. The maximum absolute atomic E-state index is 12.5. The van der Waals surface area contributed by atoms with E-state index in [1.165, 1.54) is 6.07 Å². The van der Waals surface area contributed by atoms with Gasteiger partial charge in [0.2, 0.25) is 0 Å². The Morgan fingerprint density at radius 2 is 2.00 bits per heavy atom. The number of alkyl halides is 3. The first-order valence-electron chi connectivity index (χ1n) is 5.72. The molecule has 1 aromatic carbocycles. The number of rotatable bonds is 5. The number of benzene rings is 1. The summed E-state index contributed by atoms with van der Waals surface area (Å²) in [5, 5.41) is 10.7. The third-order valence-electron chi connectivity index (χ3n) is 2.64. The Bertz CT molecular complexity index is 515. The molecule has 0 spiro atoms. The minimum absolute atomic E-state index is 0.116. The van der Waals surface area contributed by atoms with E-state index in [-0.39, 0.29) is 17.5 Å². The summed E-state index contributed by atoms with van der Waals surface area (Å²) in [6.07, 6.45) is -4.15. The van der Waals surface area contributed by atoms with Gasteiger partial charge in [-0.1, -0.05) is 0 Å². The molecule has 0 aliphatic carbocycles. The van der Waals surface area contributed by atoms with Crippen LogP contribution in [0.15, 0.2) is 18.2 Å². The van der Waals surface area contributed by atoms with Crippen LogP contribution < -0.4 is 4.90 Å². The summed E-state index contributed by atoms with van der Waals surface area (Å²) in [6.45, 7) is 1.93. The average molecular weight is 290 g/mol. The highest BCUT2D eigenvalue weighted by atomic mass is 19.4. The van der Waals surface area contributed by atoms with Crippen molar-refractivity contribution in [2.45, 2.75) is 26.1 Å². The van der Waals surface area contributed by atoms with Crippen LogP contribution in [0.3, 0.4) is 0 Å². The highest BCUT2D eigenvalue weighted by molar-refractivity contribution is 5.83. The van der Waals surface area contributed by atoms with Crippen LogP contribution in [0.1, 0.15) is 24.2 Å². The van der Waals surface area contributed by atoms with E-state index in [2.05, 4.69) is 0 Å². The molecule has 0 saturated heterocycles. The molecule has 0 fully saturated rings. The zero-order valence-electron chi connectivity index (χ0n) is 10.8. The molecule has 0 aliphatic heterocycles. The van der Waals surface area contributed by atoms with Gasteiger partial charge in [-0.2, -0.15) is 13.2 Å². The number of nitrogens with zero attached hydrogens (tertiary/aromatic N) is 2. The summed E-state index contributed by atoms with van der Waals surface area (Å²) in [6, 6.07) is 2.86. The number of aldehydes is 1. The quantitative estimate of drug-likeness (QED) is 0.474. The number of hydrogen-bond acceptors (Lipinski definition) is 4. The fourth-order valence-electron chi connectivity index (χ4n) is 1.75. The van der Waals surface area contributed by atoms with Crippen molar-refractivity contribution in [3.63, 3.8) is 0 Å². The maximum Gasteiger partial charge on any atom is 0.405 e. The molecule has 0 amide bonds. The molecule has 0 saturated carbocycles. The van der Waals surface area contributed by atoms with E-state index in [0.717, 1.165) is 17.0 Å². The van der Waals surface area contributed by atoms with Crippen LogP contribution in [-0.4, -0.2) is 30.0 Å². The van der Waals surface area contributed by atoms with Gasteiger partial charge in [0.05, 0.1) is 10.5 Å². The third-order valence-corrected chi connectivity index (χ3v) is 2.64. The second kappa shape index (κ2) is 5.89. The lowest BCUT2D eigenvalue weighted by molar-refractivity contribution is -0.385. The monoisotopic (exact) mass is 290 g/mol. The van der Waals surface area contributed by atoms with Crippen LogP contribution in [0.2, 0.25) is 0 Å². The smallest absolute Gasteiger partial charge is 0.360 e. The summed E-state index contributed by atoms with van der Waals surface area (Å²) in [5.41, 5.74) is -0.565. The Morgan fingerprint density at radius 3 is 2.40 bits per heavy atom. The van der Waals surface area contributed by atoms with Crippen molar-refractivity contribution in [2.75, 3.05) is 11.4 Å². The number of carbonyl (C=O) groups is 1. The fourth-order valence-corrected chi connectivity index (χ4v) is 1.75. The van der Waals surface area contributed by atoms with E-state index in [0.29, 0.717) is 0 Å². The van der Waals surface area contributed by atoms with E-state index in [9.17, 15) is 28.1 Å². The Hall–Kier alpha value is -2.12. The first-order valence-corrected chi connectivity index (χ1v) is 5.72. The molecule has 0 unspecified atom stereocenters. The van der Waals surface area contributed by atoms with E-state index >= 15 is 0 Å². The third kappa shape index (κ3) is 3.94. The van der Waals surface area contributed by atoms with Crippen LogP contribution in [0.25, 0.3) is 0 Å². The number of carbonyl (C=O) groups excluding carboxylic acids is 1. The SMILES string of the molecule is CC(C)N(CC(F)(F)F)c1ccc([N+](=O)[O-])c(C=O)c1. The summed E-state index contributed by atoms with van der Waals surface area (Å²) >= 11 is 0. The first-order chi connectivity index (χ1) is 9.15. The van der Waals surface area contributed by atoms with E-state index in [4.69, 9.17) is 0 Å². The molecule has 0 radical (unpaired) electrons. The van der Waals surface area contributed by atoms with Crippen molar-refractivity contribution in [3.8, 4) is 0 Å². The Labute approximate surface area is 113 Å². The van der Waals surface area contributed by atoms with E-state index in [1.54, 1.807) is 13.8 Å². The molecule has 0 heterocycles. The van der Waals surface area contributed by atoms with Gasteiger partial charge in [-0.05, 0) is 26.0 Å². The summed E-state index contributed by atoms with van der Waals surface area (Å²) in [7, 11) is 0. The standard InChI is InChI=1S/C12H13F3N2O3/c1-8(2)16(7-12(13,14)15)10-3-4-11(17(19)20)9(5-10)6-18/h3-6,8H,7H2,1-2H3. The molecule has 0 N–H and O–H groups in total. The highest BCUT2D eigenvalue weighted by Gasteiger charge is 2.32. The first kappa shape index (κ1) is 15.9. The van der Waals surface area contributed by atoms with Crippen molar-refractivity contribution in [1.82, 2.24) is 0 Å². The Kier molecular flexibility index (Phi) is 4.69. The normalized spacial score (nSPS) is 11.5. The molecule has 0 bridgehead atoms. The molecule has 1 aromatic rings. The predicted octanol–water partition coefficient (Wildman–Crippen LogP) is 3.18. The minimum atomic E-state index is -4.41. The van der Waals surface area contributed by atoms with Crippen molar-refractivity contribution in [3.05, 3.63) is 33.9 Å². The molecular formula is C12H13F3N2O3. The zero-order valence-corrected chi connectivity index (χ0v) is 10.8. The molecule has 5 nitrogen and oxygen atoms in total. The molecule has 0 atom stereocenters. The topological polar surface area (TPSA) is 63.4 Å². The lowest BCUT2D eigenvalue weighted by Crippen LogP contribution is -2.39. The molecule has 0 aliphatic rings. The zero-order chi connectivity index (χ0) is 15.5. The van der Waals surface area contributed by atoms with Gasteiger partial charge in [0, 0.05) is 17.8 Å². The van der Waals surface area contributed by atoms with Crippen LogP contribution in [0.5, 0.6) is 0 Å². The predicted molar refractivity (Wildman–Crippen MR) is 67.0 cm³/mol. The van der Waals surface area contributed by atoms with Crippen molar-refractivity contribution in [1.29, 1.82) is 0 Å². The highest BCUT2D eigenvalue weighted by Crippen LogP contribution is 2.28. The van der Waals surface area contributed by atoms with Gasteiger partial charge < -0.3 is 4.90 Å². The average Bonchev–Trinajstić information content (AvgIpc) is 2.33. The van der Waals surface area contributed by atoms with Crippen LogP contribution >= 0.6 is 0 Å². The molecule has 1 rings (SSSR count). The van der Waals surface area contributed by atoms with Crippen LogP contribution in [0.4, 0.5) is 24.5 Å². The Balaban J connectivity index is 3.22. The second-order valence-corrected chi connectivity index (χ2v) is 4.45. The number of nitro benzene ring substituents is 1. The van der Waals surface area contributed by atoms with Gasteiger partial charge in [-0.15, -0.1) is 0 Å². The minimum Gasteiger partial charge on any atom is -0.360 e. The molecular weight excluding hydrogens is 277 g/mol. The summed E-state index contributed by atoms with van der Waals surface area (Å²) in [4.78, 5) is 21.8. The lowest BCUT2D eigenvalue weighted by atomic mass is 10.1. The number of anilines is 1. The van der Waals surface area contributed by atoms with E-state index < -0.39 is 29.4 Å². The second-order valence-electron chi connectivity index (χ2n) is 4.45. The fraction of sp³-hybridized carbons (Fsp3) is 0.417. The largest absolute Gasteiger partial charge is 0.405 e. The number of nitro groups is 1. The molecule has 20 heavy (non-hydrogen) atoms. The van der Waals surface area contributed by atoms with Crippen LogP contribution in [-0.2, 0) is 0 Å². The lowest BCUT2D eigenvalue weighted by Gasteiger charge is -2.30. The van der Waals surface area contributed by atoms with Gasteiger partial charge in [0.15, 0.2) is 6.29 Å². The molecule has 110 valence electrons. The van der Waals surface area contributed by atoms with Gasteiger partial charge in [-0.3, -0.25) is 14.9 Å². The van der Waals surface area contributed by atoms with Gasteiger partial charge in [-0.25, -0.2) is 0 Å².